The van der Waals surface area contributed by atoms with Crippen LogP contribution in [0.1, 0.15) is 39.7 Å². The molecule has 6 nitrogen and oxygen atoms in total. The first kappa shape index (κ1) is 14.6. The van der Waals surface area contributed by atoms with Crippen molar-refractivity contribution in [2.75, 3.05) is 13.7 Å². The molecule has 0 aliphatic rings. The molecular formula is C12H22N4O2. The van der Waals surface area contributed by atoms with Crippen molar-refractivity contribution in [2.24, 2.45) is 0 Å². The van der Waals surface area contributed by atoms with Gasteiger partial charge in [0, 0.05) is 0 Å². The highest BCUT2D eigenvalue weighted by molar-refractivity contribution is 5.80. The molecule has 18 heavy (non-hydrogen) atoms. The molecule has 0 fully saturated rings. The molecule has 0 saturated carbocycles. The molecule has 0 amide bonds. The lowest BCUT2D eigenvalue weighted by Gasteiger charge is -2.30. The SMILES string of the molecule is CCCNC(C)(CC(C)n1cncn1)C(=O)OC. The van der Waals surface area contributed by atoms with Gasteiger partial charge in [-0.3, -0.25) is 9.48 Å². The van der Waals surface area contributed by atoms with Crippen LogP contribution in [0, 0.1) is 0 Å². The van der Waals surface area contributed by atoms with Gasteiger partial charge in [-0.2, -0.15) is 5.10 Å². The summed E-state index contributed by atoms with van der Waals surface area (Å²) in [7, 11) is 1.41. The monoisotopic (exact) mass is 254 g/mol. The van der Waals surface area contributed by atoms with Crippen LogP contribution in [0.3, 0.4) is 0 Å². The molecular weight excluding hydrogens is 232 g/mol. The number of carbonyl (C=O) groups excluding carboxylic acids is 1. The summed E-state index contributed by atoms with van der Waals surface area (Å²) in [6.45, 7) is 6.70. The van der Waals surface area contributed by atoms with E-state index in [1.54, 1.807) is 11.0 Å². The highest BCUT2D eigenvalue weighted by Gasteiger charge is 2.35. The van der Waals surface area contributed by atoms with Crippen LogP contribution in [0.4, 0.5) is 0 Å². The van der Waals surface area contributed by atoms with Crippen LogP contribution >= 0.6 is 0 Å². The first-order valence-corrected chi connectivity index (χ1v) is 6.21. The Bertz CT molecular complexity index is 366. The van der Waals surface area contributed by atoms with Crippen molar-refractivity contribution < 1.29 is 9.53 Å². The largest absolute Gasteiger partial charge is 0.468 e. The second kappa shape index (κ2) is 6.49. The molecule has 1 aromatic heterocycles. The highest BCUT2D eigenvalue weighted by Crippen LogP contribution is 2.21. The summed E-state index contributed by atoms with van der Waals surface area (Å²) in [5, 5.41) is 7.34. The Morgan fingerprint density at radius 3 is 2.83 bits per heavy atom. The normalized spacial score (nSPS) is 16.0. The van der Waals surface area contributed by atoms with Gasteiger partial charge in [0.2, 0.25) is 0 Å². The Balaban J connectivity index is 2.74. The number of ether oxygens (including phenoxy) is 1. The second-order valence-electron chi connectivity index (χ2n) is 4.68. The van der Waals surface area contributed by atoms with Gasteiger partial charge in [0.25, 0.3) is 0 Å². The Kier molecular flexibility index (Phi) is 5.27. The van der Waals surface area contributed by atoms with Crippen LogP contribution < -0.4 is 5.32 Å². The lowest BCUT2D eigenvalue weighted by molar-refractivity contribution is -0.148. The van der Waals surface area contributed by atoms with Crippen LogP contribution in [-0.4, -0.2) is 39.9 Å². The van der Waals surface area contributed by atoms with E-state index in [0.717, 1.165) is 13.0 Å². The van der Waals surface area contributed by atoms with Crippen molar-refractivity contribution in [3.63, 3.8) is 0 Å². The number of esters is 1. The van der Waals surface area contributed by atoms with Gasteiger partial charge in [-0.1, -0.05) is 6.92 Å². The smallest absolute Gasteiger partial charge is 0.325 e. The summed E-state index contributed by atoms with van der Waals surface area (Å²) in [4.78, 5) is 15.8. The fourth-order valence-electron chi connectivity index (χ4n) is 1.98. The Morgan fingerprint density at radius 1 is 1.61 bits per heavy atom. The molecule has 1 aromatic rings. The van der Waals surface area contributed by atoms with Crippen molar-refractivity contribution >= 4 is 5.97 Å². The van der Waals surface area contributed by atoms with Crippen LogP contribution in [0.2, 0.25) is 0 Å². The molecule has 102 valence electrons. The van der Waals surface area contributed by atoms with Gasteiger partial charge < -0.3 is 10.1 Å². The molecule has 1 heterocycles. The maximum atomic E-state index is 11.9. The molecule has 1 rings (SSSR count). The van der Waals surface area contributed by atoms with Crippen LogP contribution in [0.15, 0.2) is 12.7 Å². The van der Waals surface area contributed by atoms with Gasteiger partial charge in [0.15, 0.2) is 0 Å². The van der Waals surface area contributed by atoms with Crippen molar-refractivity contribution in [3.05, 3.63) is 12.7 Å². The van der Waals surface area contributed by atoms with E-state index < -0.39 is 5.54 Å². The minimum Gasteiger partial charge on any atom is -0.468 e. The average Bonchev–Trinajstić information content (AvgIpc) is 2.89. The van der Waals surface area contributed by atoms with Crippen molar-refractivity contribution in [2.45, 2.75) is 45.2 Å². The maximum absolute atomic E-state index is 11.9. The molecule has 0 saturated heterocycles. The zero-order valence-electron chi connectivity index (χ0n) is 11.5. The first-order valence-electron chi connectivity index (χ1n) is 6.21. The van der Waals surface area contributed by atoms with E-state index >= 15 is 0 Å². The maximum Gasteiger partial charge on any atom is 0.325 e. The fraction of sp³-hybridized carbons (Fsp3) is 0.750. The highest BCUT2D eigenvalue weighted by atomic mass is 16.5. The number of rotatable bonds is 7. The molecule has 6 heteroatoms. The topological polar surface area (TPSA) is 69.0 Å². The van der Waals surface area contributed by atoms with E-state index in [4.69, 9.17) is 4.74 Å². The third-order valence-electron chi connectivity index (χ3n) is 2.99. The summed E-state index contributed by atoms with van der Waals surface area (Å²) < 4.78 is 6.63. The molecule has 2 atom stereocenters. The number of aromatic nitrogens is 3. The minimum absolute atomic E-state index is 0.0703. The fourth-order valence-corrected chi connectivity index (χ4v) is 1.98. The molecule has 0 aliphatic heterocycles. The molecule has 0 aliphatic carbocycles. The van der Waals surface area contributed by atoms with Gasteiger partial charge in [0.05, 0.1) is 13.2 Å². The van der Waals surface area contributed by atoms with Crippen molar-refractivity contribution in [3.8, 4) is 0 Å². The summed E-state index contributed by atoms with van der Waals surface area (Å²) in [5.41, 5.74) is -0.698. The summed E-state index contributed by atoms with van der Waals surface area (Å²) in [6.07, 6.45) is 4.71. The predicted octanol–water partition coefficient (Wildman–Crippen LogP) is 1.16. The minimum atomic E-state index is -0.698. The lowest BCUT2D eigenvalue weighted by Crippen LogP contribution is -2.51. The lowest BCUT2D eigenvalue weighted by atomic mass is 9.93. The third kappa shape index (κ3) is 3.53. The van der Waals surface area contributed by atoms with E-state index in [9.17, 15) is 4.79 Å². The number of nitrogens with one attached hydrogen (secondary N) is 1. The summed E-state index contributed by atoms with van der Waals surface area (Å²) >= 11 is 0. The van der Waals surface area contributed by atoms with Crippen LogP contribution in [0.5, 0.6) is 0 Å². The Hall–Kier alpha value is -1.43. The van der Waals surface area contributed by atoms with E-state index in [2.05, 4.69) is 22.3 Å². The molecule has 0 aromatic carbocycles. The van der Waals surface area contributed by atoms with Gasteiger partial charge in [0.1, 0.15) is 18.2 Å². The summed E-state index contributed by atoms with van der Waals surface area (Å²) in [6, 6.07) is 0.0703. The molecule has 0 bridgehead atoms. The Morgan fingerprint density at radius 2 is 2.33 bits per heavy atom. The first-order chi connectivity index (χ1) is 8.53. The number of nitrogens with zero attached hydrogens (tertiary/aromatic N) is 3. The van der Waals surface area contributed by atoms with E-state index in [1.165, 1.54) is 13.4 Å². The van der Waals surface area contributed by atoms with Crippen molar-refractivity contribution in [1.82, 2.24) is 20.1 Å². The third-order valence-corrected chi connectivity index (χ3v) is 2.99. The Labute approximate surface area is 108 Å². The van der Waals surface area contributed by atoms with Gasteiger partial charge in [-0.15, -0.1) is 0 Å². The van der Waals surface area contributed by atoms with Crippen LogP contribution in [-0.2, 0) is 9.53 Å². The number of carbonyl (C=O) groups is 1. The summed E-state index contributed by atoms with van der Waals surface area (Å²) in [5.74, 6) is -0.247. The predicted molar refractivity (Wildman–Crippen MR) is 68.1 cm³/mol. The van der Waals surface area contributed by atoms with Gasteiger partial charge >= 0.3 is 5.97 Å². The van der Waals surface area contributed by atoms with E-state index in [1.807, 2.05) is 13.8 Å². The molecule has 0 radical (unpaired) electrons. The zero-order valence-corrected chi connectivity index (χ0v) is 11.5. The van der Waals surface area contributed by atoms with Gasteiger partial charge in [-0.05, 0) is 33.2 Å². The van der Waals surface area contributed by atoms with Crippen LogP contribution in [0.25, 0.3) is 0 Å². The zero-order chi connectivity index (χ0) is 13.6. The molecule has 1 N–H and O–H groups in total. The van der Waals surface area contributed by atoms with Crippen molar-refractivity contribution in [1.29, 1.82) is 0 Å². The second-order valence-corrected chi connectivity index (χ2v) is 4.68. The standard InChI is InChI=1S/C12H22N4O2/c1-5-6-14-12(3,11(17)18-4)7-10(2)16-9-13-8-15-16/h8-10,14H,5-7H2,1-4H3. The average molecular weight is 254 g/mol. The molecule has 2 unspecified atom stereocenters. The number of hydrogen-bond acceptors (Lipinski definition) is 5. The number of hydrogen-bond donors (Lipinski definition) is 1. The number of methoxy groups -OCH3 is 1. The molecule has 0 spiro atoms. The van der Waals surface area contributed by atoms with E-state index in [-0.39, 0.29) is 12.0 Å². The van der Waals surface area contributed by atoms with Gasteiger partial charge in [-0.25, -0.2) is 4.98 Å². The quantitative estimate of drug-likeness (QED) is 0.739. The van der Waals surface area contributed by atoms with E-state index in [0.29, 0.717) is 6.42 Å².